The van der Waals surface area contributed by atoms with E-state index in [0.29, 0.717) is 13.2 Å². The molecule has 1 aromatic rings. The topological polar surface area (TPSA) is 63.2 Å². The van der Waals surface area contributed by atoms with Crippen molar-refractivity contribution in [3.8, 4) is 5.75 Å². The van der Waals surface area contributed by atoms with Crippen LogP contribution in [0.4, 0.5) is 0 Å². The Morgan fingerprint density at radius 3 is 2.13 bits per heavy atom. The van der Waals surface area contributed by atoms with Crippen LogP contribution in [-0.2, 0) is 22.9 Å². The Morgan fingerprint density at radius 2 is 1.57 bits per heavy atom. The molecule has 0 radical (unpaired) electrons. The molecule has 0 N–H and O–H groups in total. The summed E-state index contributed by atoms with van der Waals surface area (Å²) in [6.07, 6.45) is 1.77. The maximum absolute atomic E-state index is 12.0. The van der Waals surface area contributed by atoms with E-state index in [1.165, 1.54) is 0 Å². The lowest BCUT2D eigenvalue weighted by Gasteiger charge is -2.16. The van der Waals surface area contributed by atoms with Crippen molar-refractivity contribution in [2.75, 3.05) is 39.6 Å². The van der Waals surface area contributed by atoms with Gasteiger partial charge >= 0.3 is 7.82 Å². The van der Waals surface area contributed by atoms with Gasteiger partial charge in [-0.05, 0) is 31.5 Å². The molecular formula is C16H25O6P. The molecule has 0 bridgehead atoms. The van der Waals surface area contributed by atoms with Crippen LogP contribution in [0.2, 0.25) is 0 Å². The molecular weight excluding hydrogens is 319 g/mol. The maximum atomic E-state index is 12.0. The predicted molar refractivity (Wildman–Crippen MR) is 89.7 cm³/mol. The van der Waals surface area contributed by atoms with Crippen LogP contribution in [0.25, 0.3) is 6.08 Å². The second-order valence-corrected chi connectivity index (χ2v) is 6.02. The number of benzene rings is 1. The third-order valence-corrected chi connectivity index (χ3v) is 4.31. The zero-order valence-corrected chi connectivity index (χ0v) is 14.6. The first-order chi connectivity index (χ1) is 11.1. The van der Waals surface area contributed by atoms with Crippen molar-refractivity contribution >= 4 is 13.9 Å². The molecule has 6 nitrogen and oxygen atoms in total. The highest BCUT2D eigenvalue weighted by Crippen LogP contribution is 2.48. The minimum atomic E-state index is -3.45. The minimum Gasteiger partial charge on any atom is -0.491 e. The first kappa shape index (κ1) is 19.9. The summed E-state index contributed by atoms with van der Waals surface area (Å²) < 4.78 is 38.0. The molecule has 0 spiro atoms. The van der Waals surface area contributed by atoms with Crippen LogP contribution in [0.5, 0.6) is 5.75 Å². The second-order valence-electron chi connectivity index (χ2n) is 4.35. The summed E-state index contributed by atoms with van der Waals surface area (Å²) in [5.74, 6) is 0.771. The lowest BCUT2D eigenvalue weighted by Crippen LogP contribution is -2.11. The van der Waals surface area contributed by atoms with Crippen molar-refractivity contribution in [1.29, 1.82) is 0 Å². The fraction of sp³-hybridized carbons (Fsp3) is 0.500. The molecule has 0 aliphatic rings. The molecule has 0 heterocycles. The number of phosphoric acid groups is 1. The molecule has 0 aromatic heterocycles. The lowest BCUT2D eigenvalue weighted by molar-refractivity contribution is 0.0550. The predicted octanol–water partition coefficient (Wildman–Crippen LogP) is 3.92. The van der Waals surface area contributed by atoms with Gasteiger partial charge in [0.15, 0.2) is 0 Å². The summed E-state index contributed by atoms with van der Waals surface area (Å²) in [5.41, 5.74) is 1.04. The molecule has 7 heteroatoms. The highest BCUT2D eigenvalue weighted by atomic mass is 31.2. The molecule has 0 aliphatic heterocycles. The van der Waals surface area contributed by atoms with Crippen LogP contribution < -0.4 is 4.74 Å². The van der Waals surface area contributed by atoms with Crippen molar-refractivity contribution in [1.82, 2.24) is 0 Å². The lowest BCUT2D eigenvalue weighted by atomic mass is 10.2. The minimum absolute atomic E-state index is 0.130. The quantitative estimate of drug-likeness (QED) is 0.399. The van der Waals surface area contributed by atoms with Crippen molar-refractivity contribution in [3.05, 3.63) is 36.4 Å². The van der Waals surface area contributed by atoms with Crippen molar-refractivity contribution in [2.45, 2.75) is 13.8 Å². The normalized spacial score (nSPS) is 11.4. The van der Waals surface area contributed by atoms with E-state index in [2.05, 4.69) is 6.58 Å². The van der Waals surface area contributed by atoms with Gasteiger partial charge in [0.25, 0.3) is 0 Å². The van der Waals surface area contributed by atoms with Crippen LogP contribution in [0.1, 0.15) is 19.4 Å². The molecule has 0 unspecified atom stereocenters. The van der Waals surface area contributed by atoms with Gasteiger partial charge in [-0.1, -0.05) is 24.8 Å². The Labute approximate surface area is 138 Å². The number of phosphoric ester groups is 1. The van der Waals surface area contributed by atoms with E-state index in [0.717, 1.165) is 11.3 Å². The third-order valence-electron chi connectivity index (χ3n) is 2.66. The van der Waals surface area contributed by atoms with E-state index in [4.69, 9.17) is 23.0 Å². The van der Waals surface area contributed by atoms with E-state index >= 15 is 0 Å². The molecule has 1 rings (SSSR count). The Balaban J connectivity index is 2.12. The highest BCUT2D eigenvalue weighted by molar-refractivity contribution is 7.48. The van der Waals surface area contributed by atoms with E-state index in [-0.39, 0.29) is 26.4 Å². The SMILES string of the molecule is C=Cc1ccc(OCCOCCOP(=O)(OCC)OCC)cc1. The number of rotatable bonds is 13. The van der Waals surface area contributed by atoms with Crippen molar-refractivity contribution in [3.63, 3.8) is 0 Å². The van der Waals surface area contributed by atoms with Crippen LogP contribution in [0.15, 0.2) is 30.8 Å². The van der Waals surface area contributed by atoms with Gasteiger partial charge in [0.05, 0.1) is 33.0 Å². The number of hydrogen-bond donors (Lipinski definition) is 0. The van der Waals surface area contributed by atoms with Crippen LogP contribution in [0, 0.1) is 0 Å². The van der Waals surface area contributed by atoms with Gasteiger partial charge in [0.2, 0.25) is 0 Å². The van der Waals surface area contributed by atoms with Gasteiger partial charge in [-0.25, -0.2) is 4.57 Å². The summed E-state index contributed by atoms with van der Waals surface area (Å²) in [6.45, 7) is 8.90. The monoisotopic (exact) mass is 344 g/mol. The Bertz CT molecular complexity index is 478. The molecule has 0 saturated carbocycles. The Morgan fingerprint density at radius 1 is 0.957 bits per heavy atom. The molecule has 0 fully saturated rings. The van der Waals surface area contributed by atoms with Gasteiger partial charge in [-0.3, -0.25) is 13.6 Å². The zero-order chi connectivity index (χ0) is 17.0. The highest BCUT2D eigenvalue weighted by Gasteiger charge is 2.24. The van der Waals surface area contributed by atoms with Gasteiger partial charge in [-0.15, -0.1) is 0 Å². The van der Waals surface area contributed by atoms with Crippen molar-refractivity contribution < 1.29 is 27.6 Å². The van der Waals surface area contributed by atoms with E-state index in [1.54, 1.807) is 19.9 Å². The molecule has 0 atom stereocenters. The standard InChI is InChI=1S/C16H25O6P/c1-4-15-7-9-16(10-8-15)19-13-11-18-12-14-22-23(17,20-5-2)21-6-3/h4,7-10H,1,5-6,11-14H2,2-3H3. The fourth-order valence-corrected chi connectivity index (χ4v) is 2.81. The summed E-state index contributed by atoms with van der Waals surface area (Å²) in [7, 11) is -3.45. The average Bonchev–Trinajstić information content (AvgIpc) is 2.55. The molecule has 23 heavy (non-hydrogen) atoms. The summed E-state index contributed by atoms with van der Waals surface area (Å²) in [4.78, 5) is 0. The molecule has 0 amide bonds. The Hall–Kier alpha value is -1.17. The van der Waals surface area contributed by atoms with Gasteiger partial charge in [-0.2, -0.15) is 0 Å². The molecule has 0 aliphatic carbocycles. The maximum Gasteiger partial charge on any atom is 0.474 e. The summed E-state index contributed by atoms with van der Waals surface area (Å²) >= 11 is 0. The van der Waals surface area contributed by atoms with Gasteiger partial charge in [0, 0.05) is 0 Å². The second kappa shape index (κ2) is 11.4. The Kier molecular flexibility index (Phi) is 9.83. The van der Waals surface area contributed by atoms with Crippen LogP contribution in [-0.4, -0.2) is 39.6 Å². The zero-order valence-electron chi connectivity index (χ0n) is 13.7. The molecule has 0 saturated heterocycles. The molecule has 1 aromatic carbocycles. The summed E-state index contributed by atoms with van der Waals surface area (Å²) in [5, 5.41) is 0. The third kappa shape index (κ3) is 8.30. The first-order valence-corrected chi connectivity index (χ1v) is 9.06. The van der Waals surface area contributed by atoms with Gasteiger partial charge < -0.3 is 9.47 Å². The van der Waals surface area contributed by atoms with E-state index in [1.807, 2.05) is 24.3 Å². The number of hydrogen-bond acceptors (Lipinski definition) is 6. The van der Waals surface area contributed by atoms with E-state index in [9.17, 15) is 4.57 Å². The van der Waals surface area contributed by atoms with Crippen LogP contribution in [0.3, 0.4) is 0 Å². The van der Waals surface area contributed by atoms with Crippen LogP contribution >= 0.6 is 7.82 Å². The smallest absolute Gasteiger partial charge is 0.474 e. The largest absolute Gasteiger partial charge is 0.491 e. The first-order valence-electron chi connectivity index (χ1n) is 7.60. The average molecular weight is 344 g/mol. The fourth-order valence-electron chi connectivity index (χ4n) is 1.66. The number of ether oxygens (including phenoxy) is 2. The molecule has 130 valence electrons. The van der Waals surface area contributed by atoms with E-state index < -0.39 is 7.82 Å². The van der Waals surface area contributed by atoms with Gasteiger partial charge in [0.1, 0.15) is 12.4 Å². The summed E-state index contributed by atoms with van der Waals surface area (Å²) in [6, 6.07) is 7.60. The van der Waals surface area contributed by atoms with Crippen molar-refractivity contribution in [2.24, 2.45) is 0 Å².